The van der Waals surface area contributed by atoms with Crippen molar-refractivity contribution in [3.63, 3.8) is 0 Å². The van der Waals surface area contributed by atoms with Crippen molar-refractivity contribution in [2.75, 3.05) is 12.4 Å². The number of amides is 1. The normalized spacial score (nSPS) is 11.0. The molecular formula is C24H16BrCl2IN2O3. The highest BCUT2D eigenvalue weighted by atomic mass is 127. The molecule has 0 bridgehead atoms. The van der Waals surface area contributed by atoms with Crippen molar-refractivity contribution >= 4 is 79.4 Å². The molecule has 168 valence electrons. The molecule has 0 aliphatic heterocycles. The molecule has 0 aliphatic rings. The zero-order valence-electron chi connectivity index (χ0n) is 17.2. The first-order valence-corrected chi connectivity index (χ1v) is 12.1. The van der Waals surface area contributed by atoms with Gasteiger partial charge in [-0.3, -0.25) is 4.79 Å². The molecule has 0 aliphatic carbocycles. The average Bonchev–Trinajstić information content (AvgIpc) is 2.79. The molecule has 0 radical (unpaired) electrons. The number of anilines is 1. The molecule has 0 saturated carbocycles. The van der Waals surface area contributed by atoms with Gasteiger partial charge in [0.05, 0.1) is 21.6 Å². The minimum Gasteiger partial charge on any atom is -0.493 e. The summed E-state index contributed by atoms with van der Waals surface area (Å²) >= 11 is 17.6. The van der Waals surface area contributed by atoms with Crippen LogP contribution in [0.25, 0.3) is 6.08 Å². The molecule has 9 heteroatoms. The summed E-state index contributed by atoms with van der Waals surface area (Å²) in [7, 11) is 1.52. The van der Waals surface area contributed by atoms with Crippen LogP contribution in [0, 0.1) is 14.9 Å². The number of carbonyl (C=O) groups is 1. The maximum absolute atomic E-state index is 12.6. The second-order valence-corrected chi connectivity index (χ2v) is 9.62. The van der Waals surface area contributed by atoms with Crippen LogP contribution in [-0.2, 0) is 11.4 Å². The Kier molecular flexibility index (Phi) is 9.03. The summed E-state index contributed by atoms with van der Waals surface area (Å²) in [6, 6.07) is 18.0. The van der Waals surface area contributed by atoms with Crippen LogP contribution < -0.4 is 14.8 Å². The Hall–Kier alpha value is -2.25. The Balaban J connectivity index is 1.81. The lowest BCUT2D eigenvalue weighted by Gasteiger charge is -2.14. The highest BCUT2D eigenvalue weighted by Gasteiger charge is 2.15. The zero-order chi connectivity index (χ0) is 24.0. The molecule has 0 fully saturated rings. The van der Waals surface area contributed by atoms with Crippen LogP contribution in [0.2, 0.25) is 10.0 Å². The Morgan fingerprint density at radius 2 is 1.88 bits per heavy atom. The first kappa shape index (κ1) is 25.4. The Bertz CT molecular complexity index is 1260. The summed E-state index contributed by atoms with van der Waals surface area (Å²) in [5.41, 5.74) is 1.93. The van der Waals surface area contributed by atoms with E-state index in [1.807, 2.05) is 30.3 Å². The largest absolute Gasteiger partial charge is 0.493 e. The van der Waals surface area contributed by atoms with Crippen molar-refractivity contribution in [1.82, 2.24) is 0 Å². The summed E-state index contributed by atoms with van der Waals surface area (Å²) in [6.07, 6.45) is 1.46. The van der Waals surface area contributed by atoms with Crippen molar-refractivity contribution in [2.24, 2.45) is 0 Å². The summed E-state index contributed by atoms with van der Waals surface area (Å²) in [5, 5.41) is 12.8. The third kappa shape index (κ3) is 6.87. The summed E-state index contributed by atoms with van der Waals surface area (Å²) in [4.78, 5) is 12.6. The van der Waals surface area contributed by atoms with Crippen LogP contribution in [-0.4, -0.2) is 13.0 Å². The van der Waals surface area contributed by atoms with E-state index < -0.39 is 5.91 Å². The van der Waals surface area contributed by atoms with Gasteiger partial charge in [0.2, 0.25) is 0 Å². The van der Waals surface area contributed by atoms with Gasteiger partial charge in [-0.05, 0) is 98.2 Å². The van der Waals surface area contributed by atoms with Crippen LogP contribution in [0.15, 0.2) is 64.6 Å². The predicted octanol–water partition coefficient (Wildman–Crippen LogP) is 7.49. The molecule has 0 saturated heterocycles. The monoisotopic (exact) mass is 656 g/mol. The van der Waals surface area contributed by atoms with E-state index in [1.54, 1.807) is 24.3 Å². The van der Waals surface area contributed by atoms with Crippen molar-refractivity contribution in [3.05, 3.63) is 89.4 Å². The first-order chi connectivity index (χ1) is 15.8. The molecule has 0 unspecified atom stereocenters. The number of rotatable bonds is 7. The fourth-order valence-corrected chi connectivity index (χ4v) is 4.02. The minimum absolute atomic E-state index is 0.0948. The van der Waals surface area contributed by atoms with Crippen LogP contribution in [0.4, 0.5) is 5.69 Å². The molecule has 0 heterocycles. The topological polar surface area (TPSA) is 71.3 Å². The molecule has 1 amide bonds. The van der Waals surface area contributed by atoms with Crippen LogP contribution in [0.1, 0.15) is 11.1 Å². The molecule has 1 N–H and O–H groups in total. The third-order valence-electron chi connectivity index (χ3n) is 4.40. The minimum atomic E-state index is -0.579. The van der Waals surface area contributed by atoms with E-state index in [0.717, 1.165) is 9.13 Å². The van der Waals surface area contributed by atoms with Gasteiger partial charge in [-0.15, -0.1) is 0 Å². The second kappa shape index (κ2) is 11.7. The maximum Gasteiger partial charge on any atom is 0.266 e. The molecule has 3 aromatic carbocycles. The first-order valence-electron chi connectivity index (χ1n) is 9.43. The Morgan fingerprint density at radius 1 is 1.15 bits per heavy atom. The predicted molar refractivity (Wildman–Crippen MR) is 143 cm³/mol. The SMILES string of the molecule is COc1cc(/C=C(\C#N)C(=O)Nc2ccc(Cl)c(Cl)c2)cc(Br)c1OCc1ccc(I)cc1. The van der Waals surface area contributed by atoms with Crippen LogP contribution in [0.5, 0.6) is 11.5 Å². The summed E-state index contributed by atoms with van der Waals surface area (Å²) in [5.74, 6) is 0.403. The molecule has 0 aromatic heterocycles. The average molecular weight is 658 g/mol. The van der Waals surface area contributed by atoms with Gasteiger partial charge in [-0.25, -0.2) is 0 Å². The molecule has 33 heavy (non-hydrogen) atoms. The quantitative estimate of drug-likeness (QED) is 0.162. The lowest BCUT2D eigenvalue weighted by atomic mass is 10.1. The van der Waals surface area contributed by atoms with E-state index in [4.69, 9.17) is 32.7 Å². The highest BCUT2D eigenvalue weighted by molar-refractivity contribution is 14.1. The maximum atomic E-state index is 12.6. The van der Waals surface area contributed by atoms with Gasteiger partial charge in [0.1, 0.15) is 18.2 Å². The highest BCUT2D eigenvalue weighted by Crippen LogP contribution is 2.38. The summed E-state index contributed by atoms with van der Waals surface area (Å²) < 4.78 is 13.2. The van der Waals surface area contributed by atoms with Gasteiger partial charge in [0.15, 0.2) is 11.5 Å². The zero-order valence-corrected chi connectivity index (χ0v) is 22.4. The van der Waals surface area contributed by atoms with Gasteiger partial charge < -0.3 is 14.8 Å². The molecule has 5 nitrogen and oxygen atoms in total. The van der Waals surface area contributed by atoms with Crippen LogP contribution >= 0.6 is 61.7 Å². The smallest absolute Gasteiger partial charge is 0.266 e. The number of ether oxygens (including phenoxy) is 2. The standard InChI is InChI=1S/C24H16BrCl2IN2O3/c1-32-22-10-15(9-19(25)23(22)33-13-14-2-4-17(28)5-3-14)8-16(12-29)24(31)30-18-6-7-20(26)21(27)11-18/h2-11H,13H2,1H3,(H,30,31)/b16-8+. The molecule has 0 atom stereocenters. The van der Waals surface area contributed by atoms with E-state index >= 15 is 0 Å². The fraction of sp³-hybridized carbons (Fsp3) is 0.0833. The Labute approximate surface area is 223 Å². The van der Waals surface area contributed by atoms with Crippen molar-refractivity contribution in [3.8, 4) is 17.6 Å². The number of benzene rings is 3. The van der Waals surface area contributed by atoms with Crippen molar-refractivity contribution in [2.45, 2.75) is 6.61 Å². The molecular weight excluding hydrogens is 642 g/mol. The number of halogens is 4. The van der Waals surface area contributed by atoms with E-state index in [-0.39, 0.29) is 5.57 Å². The van der Waals surface area contributed by atoms with E-state index in [9.17, 15) is 10.1 Å². The van der Waals surface area contributed by atoms with Gasteiger partial charge in [0.25, 0.3) is 5.91 Å². The second-order valence-electron chi connectivity index (χ2n) is 6.70. The Morgan fingerprint density at radius 3 is 2.52 bits per heavy atom. The lowest BCUT2D eigenvalue weighted by Crippen LogP contribution is -2.13. The fourth-order valence-electron chi connectivity index (χ4n) is 2.79. The van der Waals surface area contributed by atoms with E-state index in [2.05, 4.69) is 43.8 Å². The number of nitrogens with one attached hydrogen (secondary N) is 1. The van der Waals surface area contributed by atoms with Gasteiger partial charge in [0, 0.05) is 9.26 Å². The number of methoxy groups -OCH3 is 1. The number of hydrogen-bond donors (Lipinski definition) is 1. The lowest BCUT2D eigenvalue weighted by molar-refractivity contribution is -0.112. The third-order valence-corrected chi connectivity index (χ3v) is 6.45. The number of carbonyl (C=O) groups excluding carboxylic acids is 1. The van der Waals surface area contributed by atoms with E-state index in [0.29, 0.717) is 43.9 Å². The van der Waals surface area contributed by atoms with Gasteiger partial charge in [-0.1, -0.05) is 35.3 Å². The number of nitriles is 1. The molecule has 0 spiro atoms. The van der Waals surface area contributed by atoms with E-state index in [1.165, 1.54) is 19.3 Å². The van der Waals surface area contributed by atoms with Crippen molar-refractivity contribution < 1.29 is 14.3 Å². The van der Waals surface area contributed by atoms with Crippen LogP contribution in [0.3, 0.4) is 0 Å². The summed E-state index contributed by atoms with van der Waals surface area (Å²) in [6.45, 7) is 0.358. The van der Waals surface area contributed by atoms with Gasteiger partial charge in [-0.2, -0.15) is 5.26 Å². The molecule has 3 aromatic rings. The molecule has 3 rings (SSSR count). The van der Waals surface area contributed by atoms with Gasteiger partial charge >= 0.3 is 0 Å². The van der Waals surface area contributed by atoms with Crippen molar-refractivity contribution in [1.29, 1.82) is 5.26 Å². The number of hydrogen-bond acceptors (Lipinski definition) is 4. The number of nitrogens with zero attached hydrogens (tertiary/aromatic N) is 1.